The van der Waals surface area contributed by atoms with Crippen LogP contribution in [0.4, 0.5) is 0 Å². The standard InChI is InChI=1S/C16H23N3O3/c17-13-7-12(8-14(13)20)16(22)19-5-2-10(3-6-19)11-1-4-18-15(21)9-11/h1,4,9-10,12-14,20H,2-3,5-8,17H2,(H,18,21)/t12-,13+,14+/m0/s1. The molecule has 1 amide bonds. The van der Waals surface area contributed by atoms with Crippen molar-refractivity contribution in [2.24, 2.45) is 11.7 Å². The minimum atomic E-state index is -0.553. The van der Waals surface area contributed by atoms with Gasteiger partial charge in [0, 0.05) is 37.3 Å². The summed E-state index contributed by atoms with van der Waals surface area (Å²) in [4.78, 5) is 28.4. The van der Waals surface area contributed by atoms with Gasteiger partial charge in [0.1, 0.15) is 0 Å². The van der Waals surface area contributed by atoms with E-state index in [9.17, 15) is 14.7 Å². The summed E-state index contributed by atoms with van der Waals surface area (Å²) in [5, 5.41) is 9.70. The predicted molar refractivity (Wildman–Crippen MR) is 82.3 cm³/mol. The van der Waals surface area contributed by atoms with Crippen LogP contribution in [-0.2, 0) is 4.79 Å². The predicted octanol–water partition coefficient (Wildman–Crippen LogP) is 0.179. The Morgan fingerprint density at radius 3 is 2.64 bits per heavy atom. The van der Waals surface area contributed by atoms with Crippen LogP contribution in [0, 0.1) is 5.92 Å². The number of pyridine rings is 1. The highest BCUT2D eigenvalue weighted by molar-refractivity contribution is 5.79. The van der Waals surface area contributed by atoms with Gasteiger partial charge in [-0.2, -0.15) is 0 Å². The Hall–Kier alpha value is -1.66. The van der Waals surface area contributed by atoms with Crippen LogP contribution in [0.25, 0.3) is 0 Å². The third kappa shape index (κ3) is 3.08. The number of amides is 1. The summed E-state index contributed by atoms with van der Waals surface area (Å²) in [6.45, 7) is 1.41. The van der Waals surface area contributed by atoms with Crippen molar-refractivity contribution in [3.8, 4) is 0 Å². The summed E-state index contributed by atoms with van der Waals surface area (Å²) in [6.07, 6.45) is 3.92. The molecule has 0 spiro atoms. The van der Waals surface area contributed by atoms with Crippen LogP contribution < -0.4 is 11.3 Å². The maximum atomic E-state index is 12.5. The zero-order valence-electron chi connectivity index (χ0n) is 12.6. The average Bonchev–Trinajstić information content (AvgIpc) is 2.86. The van der Waals surface area contributed by atoms with E-state index < -0.39 is 6.10 Å². The normalized spacial score (nSPS) is 29.7. The van der Waals surface area contributed by atoms with E-state index >= 15 is 0 Å². The third-order valence-electron chi connectivity index (χ3n) is 5.00. The summed E-state index contributed by atoms with van der Waals surface area (Å²) < 4.78 is 0. The molecular weight excluding hydrogens is 282 g/mol. The second-order valence-corrected chi connectivity index (χ2v) is 6.49. The van der Waals surface area contributed by atoms with E-state index in [1.165, 1.54) is 0 Å². The fourth-order valence-electron chi connectivity index (χ4n) is 3.66. The van der Waals surface area contributed by atoms with Gasteiger partial charge in [0.15, 0.2) is 0 Å². The molecule has 6 heteroatoms. The molecule has 0 bridgehead atoms. The molecule has 3 rings (SSSR count). The van der Waals surface area contributed by atoms with Crippen molar-refractivity contribution < 1.29 is 9.90 Å². The number of hydrogen-bond donors (Lipinski definition) is 3. The molecular formula is C16H23N3O3. The molecule has 6 nitrogen and oxygen atoms in total. The molecule has 2 fully saturated rings. The second kappa shape index (κ2) is 6.22. The zero-order valence-corrected chi connectivity index (χ0v) is 12.6. The quantitative estimate of drug-likeness (QED) is 0.725. The van der Waals surface area contributed by atoms with Crippen LogP contribution in [0.1, 0.15) is 37.2 Å². The fraction of sp³-hybridized carbons (Fsp3) is 0.625. The van der Waals surface area contributed by atoms with E-state index in [0.717, 1.165) is 18.4 Å². The smallest absolute Gasteiger partial charge is 0.248 e. The molecule has 0 aromatic carbocycles. The van der Waals surface area contributed by atoms with Crippen molar-refractivity contribution in [1.82, 2.24) is 9.88 Å². The van der Waals surface area contributed by atoms with Crippen LogP contribution in [-0.4, -0.2) is 46.1 Å². The summed E-state index contributed by atoms with van der Waals surface area (Å²) in [5.41, 5.74) is 6.77. The van der Waals surface area contributed by atoms with Gasteiger partial charge in [-0.25, -0.2) is 0 Å². The molecule has 0 radical (unpaired) electrons. The van der Waals surface area contributed by atoms with Gasteiger partial charge in [0.25, 0.3) is 0 Å². The van der Waals surface area contributed by atoms with E-state index in [4.69, 9.17) is 5.73 Å². The Morgan fingerprint density at radius 2 is 2.05 bits per heavy atom. The Kier molecular flexibility index (Phi) is 4.31. The van der Waals surface area contributed by atoms with Gasteiger partial charge in [-0.3, -0.25) is 9.59 Å². The molecule has 22 heavy (non-hydrogen) atoms. The Balaban J connectivity index is 1.58. The number of aliphatic hydroxyl groups excluding tert-OH is 1. The van der Waals surface area contributed by atoms with E-state index in [0.29, 0.717) is 31.8 Å². The summed E-state index contributed by atoms with van der Waals surface area (Å²) in [5.74, 6) is 0.320. The second-order valence-electron chi connectivity index (χ2n) is 6.49. The Bertz CT molecular complexity index is 582. The fourth-order valence-corrected chi connectivity index (χ4v) is 3.66. The highest BCUT2D eigenvalue weighted by Crippen LogP contribution is 2.31. The number of likely N-dealkylation sites (tertiary alicyclic amines) is 1. The van der Waals surface area contributed by atoms with Gasteiger partial charge in [0.2, 0.25) is 11.5 Å². The van der Waals surface area contributed by atoms with E-state index in [1.807, 2.05) is 11.0 Å². The van der Waals surface area contributed by atoms with Crippen LogP contribution in [0.2, 0.25) is 0 Å². The first-order chi connectivity index (χ1) is 10.5. The number of piperidine rings is 1. The highest BCUT2D eigenvalue weighted by atomic mass is 16.3. The molecule has 4 N–H and O–H groups in total. The number of nitrogens with one attached hydrogen (secondary N) is 1. The zero-order chi connectivity index (χ0) is 15.7. The van der Waals surface area contributed by atoms with Crippen molar-refractivity contribution in [3.05, 3.63) is 34.2 Å². The first-order valence-corrected chi connectivity index (χ1v) is 7.95. The van der Waals surface area contributed by atoms with Gasteiger partial charge in [0.05, 0.1) is 6.10 Å². The number of carbonyl (C=O) groups is 1. The van der Waals surface area contributed by atoms with Crippen LogP contribution in [0.3, 0.4) is 0 Å². The lowest BCUT2D eigenvalue weighted by Gasteiger charge is -2.33. The number of H-pyrrole nitrogens is 1. The van der Waals surface area contributed by atoms with E-state index in [2.05, 4.69) is 4.98 Å². The Labute approximate surface area is 129 Å². The topological polar surface area (TPSA) is 99.4 Å². The van der Waals surface area contributed by atoms with Crippen LogP contribution in [0.5, 0.6) is 0 Å². The number of carbonyl (C=O) groups excluding carboxylic acids is 1. The minimum Gasteiger partial charge on any atom is -0.391 e. The molecule has 1 saturated carbocycles. The van der Waals surface area contributed by atoms with E-state index in [-0.39, 0.29) is 23.4 Å². The van der Waals surface area contributed by atoms with Crippen molar-refractivity contribution in [3.63, 3.8) is 0 Å². The molecule has 2 heterocycles. The molecule has 1 aliphatic heterocycles. The van der Waals surface area contributed by atoms with Crippen molar-refractivity contribution >= 4 is 5.91 Å². The summed E-state index contributed by atoms with van der Waals surface area (Å²) in [7, 11) is 0. The largest absolute Gasteiger partial charge is 0.391 e. The molecule has 1 aliphatic carbocycles. The van der Waals surface area contributed by atoms with Crippen LogP contribution >= 0.6 is 0 Å². The molecule has 2 aliphatic rings. The molecule has 1 saturated heterocycles. The van der Waals surface area contributed by atoms with Crippen molar-refractivity contribution in [2.75, 3.05) is 13.1 Å². The molecule has 120 valence electrons. The Morgan fingerprint density at radius 1 is 1.32 bits per heavy atom. The molecule has 1 aromatic heterocycles. The van der Waals surface area contributed by atoms with Gasteiger partial charge in [-0.05, 0) is 43.2 Å². The van der Waals surface area contributed by atoms with Gasteiger partial charge in [-0.15, -0.1) is 0 Å². The van der Waals surface area contributed by atoms with Gasteiger partial charge in [-0.1, -0.05) is 0 Å². The molecule has 1 aromatic rings. The number of aromatic nitrogens is 1. The minimum absolute atomic E-state index is 0.0788. The SMILES string of the molecule is N[C@@H]1C[C@H](C(=O)N2CCC(c3cc[nH]c(=O)c3)CC2)C[C@H]1O. The maximum Gasteiger partial charge on any atom is 0.248 e. The van der Waals surface area contributed by atoms with Gasteiger partial charge < -0.3 is 20.7 Å². The van der Waals surface area contributed by atoms with Crippen LogP contribution in [0.15, 0.2) is 23.1 Å². The lowest BCUT2D eigenvalue weighted by molar-refractivity contribution is -0.136. The van der Waals surface area contributed by atoms with E-state index in [1.54, 1.807) is 12.3 Å². The number of aliphatic hydroxyl groups is 1. The first-order valence-electron chi connectivity index (χ1n) is 7.95. The molecule has 0 unspecified atom stereocenters. The maximum absolute atomic E-state index is 12.5. The lowest BCUT2D eigenvalue weighted by Crippen LogP contribution is -2.41. The number of nitrogens with zero attached hydrogens (tertiary/aromatic N) is 1. The number of rotatable bonds is 2. The monoisotopic (exact) mass is 305 g/mol. The summed E-state index contributed by atoms with van der Waals surface area (Å²) >= 11 is 0. The first kappa shape index (κ1) is 15.2. The van der Waals surface area contributed by atoms with Crippen molar-refractivity contribution in [2.45, 2.75) is 43.7 Å². The highest BCUT2D eigenvalue weighted by Gasteiger charge is 2.37. The van der Waals surface area contributed by atoms with Gasteiger partial charge >= 0.3 is 0 Å². The average molecular weight is 305 g/mol. The number of nitrogens with two attached hydrogens (primary N) is 1. The lowest BCUT2D eigenvalue weighted by atomic mass is 9.89. The van der Waals surface area contributed by atoms with Crippen molar-refractivity contribution in [1.29, 1.82) is 0 Å². The summed E-state index contributed by atoms with van der Waals surface area (Å²) in [6, 6.07) is 3.31. The number of hydrogen-bond acceptors (Lipinski definition) is 4. The number of aromatic amines is 1. The third-order valence-corrected chi connectivity index (χ3v) is 5.00. The molecule has 3 atom stereocenters.